The lowest BCUT2D eigenvalue weighted by atomic mass is 9.85. The van der Waals surface area contributed by atoms with Gasteiger partial charge in [0.05, 0.1) is 12.0 Å². The Morgan fingerprint density at radius 1 is 1.25 bits per heavy atom. The van der Waals surface area contributed by atoms with Crippen LogP contribution in [0.25, 0.3) is 0 Å². The first kappa shape index (κ1) is 10.3. The summed E-state index contributed by atoms with van der Waals surface area (Å²) >= 11 is 0. The standard InChI is InChI=1S/C13H21N3/c1-2-7-15-12(6-1)13-8-14-10-16(13)9-11-4-3-5-11/h8,10-12,15H,1-7,9H2. The normalized spacial score (nSPS) is 26.6. The molecule has 16 heavy (non-hydrogen) atoms. The summed E-state index contributed by atoms with van der Waals surface area (Å²) in [5, 5.41) is 3.61. The van der Waals surface area contributed by atoms with Crippen LogP contribution in [0.4, 0.5) is 0 Å². The molecule has 88 valence electrons. The van der Waals surface area contributed by atoms with Crippen molar-refractivity contribution in [3.63, 3.8) is 0 Å². The van der Waals surface area contributed by atoms with Crippen molar-refractivity contribution in [2.24, 2.45) is 5.92 Å². The lowest BCUT2D eigenvalue weighted by Gasteiger charge is -2.29. The maximum atomic E-state index is 4.33. The SMILES string of the molecule is c1ncn(CC2CCC2)c1C1CCCCN1. The zero-order valence-corrected chi connectivity index (χ0v) is 9.86. The fraction of sp³-hybridized carbons (Fsp3) is 0.769. The maximum absolute atomic E-state index is 4.33. The molecular weight excluding hydrogens is 198 g/mol. The van der Waals surface area contributed by atoms with Gasteiger partial charge in [-0.2, -0.15) is 0 Å². The lowest BCUT2D eigenvalue weighted by molar-refractivity contribution is 0.268. The Labute approximate surface area is 97.3 Å². The molecule has 0 amide bonds. The first-order valence-corrected chi connectivity index (χ1v) is 6.67. The molecule has 1 saturated carbocycles. The van der Waals surface area contributed by atoms with Crippen LogP contribution in [0.5, 0.6) is 0 Å². The summed E-state index contributed by atoms with van der Waals surface area (Å²) in [4.78, 5) is 4.33. The second-order valence-corrected chi connectivity index (χ2v) is 5.27. The van der Waals surface area contributed by atoms with Crippen LogP contribution in [-0.4, -0.2) is 16.1 Å². The highest BCUT2D eigenvalue weighted by Crippen LogP contribution is 2.30. The van der Waals surface area contributed by atoms with E-state index in [0.717, 1.165) is 5.92 Å². The van der Waals surface area contributed by atoms with E-state index in [2.05, 4.69) is 21.1 Å². The number of imidazole rings is 1. The maximum Gasteiger partial charge on any atom is 0.0948 e. The Balaban J connectivity index is 1.70. The largest absolute Gasteiger partial charge is 0.333 e. The molecule has 1 atom stereocenters. The molecule has 0 bridgehead atoms. The Morgan fingerprint density at radius 3 is 2.88 bits per heavy atom. The Morgan fingerprint density at radius 2 is 2.19 bits per heavy atom. The van der Waals surface area contributed by atoms with Crippen molar-refractivity contribution in [1.29, 1.82) is 0 Å². The van der Waals surface area contributed by atoms with Gasteiger partial charge in [0.25, 0.3) is 0 Å². The molecule has 1 aliphatic heterocycles. The molecule has 2 heterocycles. The van der Waals surface area contributed by atoms with Gasteiger partial charge < -0.3 is 9.88 Å². The predicted octanol–water partition coefficient (Wildman–Crippen LogP) is 2.50. The first-order valence-electron chi connectivity index (χ1n) is 6.67. The summed E-state index contributed by atoms with van der Waals surface area (Å²) in [5.41, 5.74) is 1.41. The summed E-state index contributed by atoms with van der Waals surface area (Å²) in [6.45, 7) is 2.35. The number of aromatic nitrogens is 2. The van der Waals surface area contributed by atoms with Gasteiger partial charge in [0.15, 0.2) is 0 Å². The Bertz CT molecular complexity index is 335. The van der Waals surface area contributed by atoms with Crippen LogP contribution in [0.3, 0.4) is 0 Å². The Hall–Kier alpha value is -0.830. The van der Waals surface area contributed by atoms with E-state index in [1.807, 2.05) is 6.33 Å². The minimum Gasteiger partial charge on any atom is -0.333 e. The van der Waals surface area contributed by atoms with Gasteiger partial charge in [-0.3, -0.25) is 0 Å². The molecule has 2 fully saturated rings. The molecule has 1 N–H and O–H groups in total. The summed E-state index contributed by atoms with van der Waals surface area (Å²) in [6.07, 6.45) is 12.3. The second-order valence-electron chi connectivity index (χ2n) is 5.27. The van der Waals surface area contributed by atoms with Crippen LogP contribution < -0.4 is 5.32 Å². The number of hydrogen-bond donors (Lipinski definition) is 1. The monoisotopic (exact) mass is 219 g/mol. The molecule has 0 aromatic carbocycles. The van der Waals surface area contributed by atoms with Gasteiger partial charge in [-0.25, -0.2) is 4.98 Å². The summed E-state index contributed by atoms with van der Waals surface area (Å²) in [7, 11) is 0. The lowest BCUT2D eigenvalue weighted by Crippen LogP contribution is -2.29. The van der Waals surface area contributed by atoms with Crippen LogP contribution in [0.1, 0.15) is 50.3 Å². The third-order valence-electron chi connectivity index (χ3n) is 4.09. The van der Waals surface area contributed by atoms with Gasteiger partial charge in [0.1, 0.15) is 0 Å². The molecule has 1 unspecified atom stereocenters. The van der Waals surface area contributed by atoms with Crippen molar-refractivity contribution in [1.82, 2.24) is 14.9 Å². The molecule has 1 saturated heterocycles. The van der Waals surface area contributed by atoms with Crippen LogP contribution in [-0.2, 0) is 6.54 Å². The first-order chi connectivity index (χ1) is 7.93. The summed E-state index contributed by atoms with van der Waals surface area (Å²) in [5.74, 6) is 0.913. The van der Waals surface area contributed by atoms with Crippen molar-refractivity contribution in [3.8, 4) is 0 Å². The van der Waals surface area contributed by atoms with Crippen molar-refractivity contribution in [3.05, 3.63) is 18.2 Å². The van der Waals surface area contributed by atoms with Crippen LogP contribution in [0.15, 0.2) is 12.5 Å². The van der Waals surface area contributed by atoms with E-state index < -0.39 is 0 Å². The van der Waals surface area contributed by atoms with Crippen LogP contribution >= 0.6 is 0 Å². The quantitative estimate of drug-likeness (QED) is 0.846. The highest BCUT2D eigenvalue weighted by atomic mass is 15.1. The van der Waals surface area contributed by atoms with Gasteiger partial charge in [0.2, 0.25) is 0 Å². The molecular formula is C13H21N3. The fourth-order valence-corrected chi connectivity index (χ4v) is 2.83. The number of nitrogens with one attached hydrogen (secondary N) is 1. The predicted molar refractivity (Wildman–Crippen MR) is 64.2 cm³/mol. The zero-order chi connectivity index (χ0) is 10.8. The van der Waals surface area contributed by atoms with E-state index in [4.69, 9.17) is 0 Å². The van der Waals surface area contributed by atoms with Crippen molar-refractivity contribution < 1.29 is 0 Å². The molecule has 0 radical (unpaired) electrons. The molecule has 1 aromatic heterocycles. The van der Waals surface area contributed by atoms with E-state index in [1.54, 1.807) is 0 Å². The third kappa shape index (κ3) is 2.01. The van der Waals surface area contributed by atoms with Gasteiger partial charge in [-0.15, -0.1) is 0 Å². The fourth-order valence-electron chi connectivity index (χ4n) is 2.83. The minimum atomic E-state index is 0.552. The van der Waals surface area contributed by atoms with Crippen molar-refractivity contribution in [2.75, 3.05) is 6.54 Å². The molecule has 3 nitrogen and oxygen atoms in total. The second kappa shape index (κ2) is 4.58. The molecule has 1 aromatic rings. The Kier molecular flexibility index (Phi) is 2.96. The number of nitrogens with zero attached hydrogens (tertiary/aromatic N) is 2. The van der Waals surface area contributed by atoms with E-state index in [0.29, 0.717) is 6.04 Å². The van der Waals surface area contributed by atoms with E-state index >= 15 is 0 Å². The number of rotatable bonds is 3. The van der Waals surface area contributed by atoms with Gasteiger partial charge in [-0.05, 0) is 38.1 Å². The summed E-state index contributed by atoms with van der Waals surface area (Å²) < 4.78 is 2.38. The van der Waals surface area contributed by atoms with Gasteiger partial charge >= 0.3 is 0 Å². The molecule has 3 rings (SSSR count). The number of piperidine rings is 1. The van der Waals surface area contributed by atoms with E-state index in [9.17, 15) is 0 Å². The van der Waals surface area contributed by atoms with Crippen LogP contribution in [0, 0.1) is 5.92 Å². The smallest absolute Gasteiger partial charge is 0.0948 e. The molecule has 3 heteroatoms. The molecule has 0 spiro atoms. The number of hydrogen-bond acceptors (Lipinski definition) is 2. The zero-order valence-electron chi connectivity index (χ0n) is 9.86. The highest BCUT2D eigenvalue weighted by Gasteiger charge is 2.22. The van der Waals surface area contributed by atoms with E-state index in [1.165, 1.54) is 57.3 Å². The molecule has 2 aliphatic rings. The average molecular weight is 219 g/mol. The summed E-state index contributed by atoms with van der Waals surface area (Å²) in [6, 6.07) is 0.552. The topological polar surface area (TPSA) is 29.9 Å². The average Bonchev–Trinajstić information content (AvgIpc) is 2.73. The third-order valence-corrected chi connectivity index (χ3v) is 4.09. The van der Waals surface area contributed by atoms with Crippen molar-refractivity contribution in [2.45, 2.75) is 51.1 Å². The van der Waals surface area contributed by atoms with Crippen LogP contribution in [0.2, 0.25) is 0 Å². The molecule has 1 aliphatic carbocycles. The van der Waals surface area contributed by atoms with E-state index in [-0.39, 0.29) is 0 Å². The minimum absolute atomic E-state index is 0.552. The van der Waals surface area contributed by atoms with Gasteiger partial charge in [-0.1, -0.05) is 12.8 Å². The highest BCUT2D eigenvalue weighted by molar-refractivity contribution is 5.06. The van der Waals surface area contributed by atoms with Gasteiger partial charge in [0, 0.05) is 18.8 Å². The van der Waals surface area contributed by atoms with Crippen molar-refractivity contribution >= 4 is 0 Å².